The van der Waals surface area contributed by atoms with E-state index in [0.29, 0.717) is 0 Å². The molecule has 0 spiro atoms. The molecule has 0 saturated heterocycles. The Morgan fingerprint density at radius 2 is 1.89 bits per heavy atom. The van der Waals surface area contributed by atoms with E-state index in [1.165, 1.54) is 12.1 Å². The molecule has 0 aliphatic carbocycles. The smallest absolute Gasteiger partial charge is 0.262 e. The monoisotopic (exact) mass is 284 g/mol. The summed E-state index contributed by atoms with van der Waals surface area (Å²) in [7, 11) is -3.92. The van der Waals surface area contributed by atoms with Crippen molar-refractivity contribution in [1.29, 1.82) is 0 Å². The lowest BCUT2D eigenvalue weighted by Crippen LogP contribution is -2.14. The number of hydrogen-bond donors (Lipinski definition) is 1. The van der Waals surface area contributed by atoms with Gasteiger partial charge in [0.2, 0.25) is 11.9 Å². The number of pyridine rings is 1. The van der Waals surface area contributed by atoms with Crippen molar-refractivity contribution in [1.82, 2.24) is 4.98 Å². The molecule has 0 bridgehead atoms. The molecule has 2 aromatic rings. The summed E-state index contributed by atoms with van der Waals surface area (Å²) in [6.45, 7) is 1.74. The minimum absolute atomic E-state index is 0.00350. The van der Waals surface area contributed by atoms with Gasteiger partial charge in [0.05, 0.1) is 4.90 Å². The zero-order chi connectivity index (χ0) is 14.0. The Bertz CT molecular complexity index is 717. The molecule has 0 radical (unpaired) electrons. The fraction of sp³-hybridized carbons (Fsp3) is 0.0833. The number of benzene rings is 1. The van der Waals surface area contributed by atoms with Crippen molar-refractivity contribution in [3.63, 3.8) is 0 Å². The Kier molecular flexibility index (Phi) is 3.48. The third-order valence-corrected chi connectivity index (χ3v) is 3.72. The van der Waals surface area contributed by atoms with E-state index in [-0.39, 0.29) is 4.90 Å². The maximum absolute atomic E-state index is 13.3. The van der Waals surface area contributed by atoms with Crippen LogP contribution in [0.5, 0.6) is 0 Å². The number of aromatic nitrogens is 1. The van der Waals surface area contributed by atoms with Gasteiger partial charge in [0, 0.05) is 0 Å². The molecule has 19 heavy (non-hydrogen) atoms. The van der Waals surface area contributed by atoms with Gasteiger partial charge in [-0.15, -0.1) is 0 Å². The Labute approximate surface area is 109 Å². The molecule has 0 amide bonds. The van der Waals surface area contributed by atoms with Crippen molar-refractivity contribution >= 4 is 15.7 Å². The highest BCUT2D eigenvalue weighted by Gasteiger charge is 2.17. The topological polar surface area (TPSA) is 59.1 Å². The number of anilines is 1. The second-order valence-corrected chi connectivity index (χ2v) is 5.58. The van der Waals surface area contributed by atoms with Gasteiger partial charge in [-0.3, -0.25) is 4.72 Å². The van der Waals surface area contributed by atoms with Crippen LogP contribution in [-0.4, -0.2) is 13.4 Å². The van der Waals surface area contributed by atoms with Crippen molar-refractivity contribution in [3.05, 3.63) is 53.9 Å². The van der Waals surface area contributed by atoms with Gasteiger partial charge in [0.1, 0.15) is 5.69 Å². The Hall–Kier alpha value is -2.02. The fourth-order valence-electron chi connectivity index (χ4n) is 1.47. The fourth-order valence-corrected chi connectivity index (χ4v) is 2.63. The van der Waals surface area contributed by atoms with Crippen molar-refractivity contribution in [2.45, 2.75) is 11.8 Å². The highest BCUT2D eigenvalue weighted by molar-refractivity contribution is 7.92. The maximum Gasteiger partial charge on any atom is 0.262 e. The van der Waals surface area contributed by atoms with Crippen LogP contribution in [0, 0.1) is 18.8 Å². The van der Waals surface area contributed by atoms with E-state index in [1.807, 2.05) is 4.72 Å². The maximum atomic E-state index is 13.3. The number of hydrogen-bond acceptors (Lipinski definition) is 3. The number of nitrogens with one attached hydrogen (secondary N) is 1. The van der Waals surface area contributed by atoms with E-state index in [4.69, 9.17) is 0 Å². The highest BCUT2D eigenvalue weighted by atomic mass is 32.2. The molecule has 0 atom stereocenters. The SMILES string of the molecule is Cc1cccc(S(=O)(=O)Nc2ccc(F)nc2F)c1. The van der Waals surface area contributed by atoms with Gasteiger partial charge in [-0.25, -0.2) is 8.42 Å². The van der Waals surface area contributed by atoms with E-state index >= 15 is 0 Å². The average Bonchev–Trinajstić information content (AvgIpc) is 2.33. The first kappa shape index (κ1) is 13.4. The molecule has 0 aliphatic rings. The van der Waals surface area contributed by atoms with E-state index in [9.17, 15) is 17.2 Å². The van der Waals surface area contributed by atoms with Gasteiger partial charge >= 0.3 is 0 Å². The van der Waals surface area contributed by atoms with Crippen LogP contribution in [0.25, 0.3) is 0 Å². The second kappa shape index (κ2) is 4.93. The summed E-state index contributed by atoms with van der Waals surface area (Å²) in [6.07, 6.45) is 0. The predicted molar refractivity (Wildman–Crippen MR) is 66.1 cm³/mol. The second-order valence-electron chi connectivity index (χ2n) is 3.89. The molecule has 0 fully saturated rings. The molecule has 1 aromatic carbocycles. The molecule has 7 heteroatoms. The summed E-state index contributed by atoms with van der Waals surface area (Å²) >= 11 is 0. The van der Waals surface area contributed by atoms with Gasteiger partial charge in [-0.1, -0.05) is 12.1 Å². The Balaban J connectivity index is 2.36. The Morgan fingerprint density at radius 3 is 2.53 bits per heavy atom. The molecule has 0 saturated carbocycles. The first-order valence-electron chi connectivity index (χ1n) is 5.30. The van der Waals surface area contributed by atoms with Gasteiger partial charge in [-0.05, 0) is 36.8 Å². The van der Waals surface area contributed by atoms with E-state index in [2.05, 4.69) is 4.98 Å². The van der Waals surface area contributed by atoms with Crippen molar-refractivity contribution in [2.24, 2.45) is 0 Å². The summed E-state index contributed by atoms with van der Waals surface area (Å²) in [5, 5.41) is 0. The van der Waals surface area contributed by atoms with Crippen LogP contribution in [0.1, 0.15) is 5.56 Å². The normalized spacial score (nSPS) is 11.3. The van der Waals surface area contributed by atoms with Gasteiger partial charge in [0.25, 0.3) is 10.0 Å². The van der Waals surface area contributed by atoms with Gasteiger partial charge in [0.15, 0.2) is 0 Å². The third-order valence-electron chi connectivity index (χ3n) is 2.36. The molecule has 1 heterocycles. The minimum atomic E-state index is -3.92. The molecule has 0 aliphatic heterocycles. The summed E-state index contributed by atoms with van der Waals surface area (Å²) in [6, 6.07) is 7.98. The lowest BCUT2D eigenvalue weighted by Gasteiger charge is -2.08. The summed E-state index contributed by atoms with van der Waals surface area (Å²) < 4.78 is 51.9. The van der Waals surface area contributed by atoms with E-state index in [1.54, 1.807) is 19.1 Å². The standard InChI is InChI=1S/C12H10F2N2O2S/c1-8-3-2-4-9(7-8)19(17,18)16-10-5-6-11(13)15-12(10)14/h2-7,16H,1H3. The molecule has 4 nitrogen and oxygen atoms in total. The molecular formula is C12H10F2N2O2S. The summed E-state index contributed by atoms with van der Waals surface area (Å²) in [4.78, 5) is 2.91. The number of aryl methyl sites for hydroxylation is 1. The Morgan fingerprint density at radius 1 is 1.16 bits per heavy atom. The van der Waals surface area contributed by atoms with Crippen LogP contribution < -0.4 is 4.72 Å². The van der Waals surface area contributed by atoms with Crippen LogP contribution in [0.4, 0.5) is 14.5 Å². The highest BCUT2D eigenvalue weighted by Crippen LogP contribution is 2.18. The van der Waals surface area contributed by atoms with Crippen LogP contribution in [0.2, 0.25) is 0 Å². The average molecular weight is 284 g/mol. The zero-order valence-electron chi connectivity index (χ0n) is 9.89. The quantitative estimate of drug-likeness (QED) is 0.881. The van der Waals surface area contributed by atoms with Crippen LogP contribution in [0.3, 0.4) is 0 Å². The lowest BCUT2D eigenvalue weighted by atomic mass is 10.2. The summed E-state index contributed by atoms with van der Waals surface area (Å²) in [5.74, 6) is -2.23. The van der Waals surface area contributed by atoms with Gasteiger partial charge in [-0.2, -0.15) is 13.8 Å². The van der Waals surface area contributed by atoms with Crippen molar-refractivity contribution in [2.75, 3.05) is 4.72 Å². The molecule has 1 N–H and O–H groups in total. The predicted octanol–water partition coefficient (Wildman–Crippen LogP) is 2.47. The van der Waals surface area contributed by atoms with E-state index in [0.717, 1.165) is 17.7 Å². The molecular weight excluding hydrogens is 274 g/mol. The molecule has 0 unspecified atom stereocenters. The van der Waals surface area contributed by atoms with Crippen LogP contribution in [0.15, 0.2) is 41.3 Å². The zero-order valence-corrected chi connectivity index (χ0v) is 10.7. The van der Waals surface area contributed by atoms with E-state index < -0.39 is 27.6 Å². The van der Waals surface area contributed by atoms with Crippen LogP contribution in [-0.2, 0) is 10.0 Å². The number of rotatable bonds is 3. The van der Waals surface area contributed by atoms with Crippen LogP contribution >= 0.6 is 0 Å². The number of nitrogens with zero attached hydrogens (tertiary/aromatic N) is 1. The van der Waals surface area contributed by atoms with Crippen molar-refractivity contribution < 1.29 is 17.2 Å². The van der Waals surface area contributed by atoms with Crippen molar-refractivity contribution in [3.8, 4) is 0 Å². The molecule has 100 valence electrons. The third kappa shape index (κ3) is 3.05. The number of sulfonamides is 1. The van der Waals surface area contributed by atoms with Gasteiger partial charge < -0.3 is 0 Å². The summed E-state index contributed by atoms with van der Waals surface area (Å²) in [5.41, 5.74) is 0.350. The first-order valence-corrected chi connectivity index (χ1v) is 6.78. The largest absolute Gasteiger partial charge is 0.275 e. The number of halogens is 2. The molecule has 2 rings (SSSR count). The molecule has 1 aromatic heterocycles. The lowest BCUT2D eigenvalue weighted by molar-refractivity contribution is 0.515. The first-order chi connectivity index (χ1) is 8.88. The minimum Gasteiger partial charge on any atom is -0.275 e.